The molecule has 3 rings (SSSR count). The van der Waals surface area contributed by atoms with Crippen molar-refractivity contribution in [1.82, 2.24) is 25.3 Å². The molecule has 2 aromatic heterocycles. The van der Waals surface area contributed by atoms with Gasteiger partial charge in [-0.2, -0.15) is 0 Å². The average molecular weight is 444 g/mol. The van der Waals surface area contributed by atoms with Crippen molar-refractivity contribution >= 4 is 23.2 Å². The Bertz CT molecular complexity index is 1030. The van der Waals surface area contributed by atoms with Gasteiger partial charge >= 0.3 is 5.97 Å². The number of carboxylic acids is 1. The van der Waals surface area contributed by atoms with Gasteiger partial charge in [0, 0.05) is 30.5 Å². The predicted molar refractivity (Wildman–Crippen MR) is 115 cm³/mol. The summed E-state index contributed by atoms with van der Waals surface area (Å²) < 4.78 is 6.90. The van der Waals surface area contributed by atoms with Gasteiger partial charge in [0.25, 0.3) is 0 Å². The maximum Gasteiger partial charge on any atom is 0.305 e. The van der Waals surface area contributed by atoms with E-state index in [4.69, 9.17) is 4.74 Å². The molecule has 3 aromatic rings. The molecule has 0 radical (unpaired) electrons. The van der Waals surface area contributed by atoms with Crippen molar-refractivity contribution in [2.45, 2.75) is 45.2 Å². The molecule has 31 heavy (non-hydrogen) atoms. The summed E-state index contributed by atoms with van der Waals surface area (Å²) in [5, 5.41) is 23.2. The number of carbonyl (C=O) groups excluding carboxylic acids is 1. The number of ether oxygens (including phenoxy) is 1. The minimum Gasteiger partial charge on any atom is -0.497 e. The molecule has 2 N–H and O–H groups in total. The normalized spacial score (nSPS) is 11.8. The van der Waals surface area contributed by atoms with Crippen LogP contribution in [0.5, 0.6) is 5.75 Å². The number of benzene rings is 1. The van der Waals surface area contributed by atoms with Crippen molar-refractivity contribution < 1.29 is 19.4 Å². The van der Waals surface area contributed by atoms with Gasteiger partial charge in [-0.3, -0.25) is 9.59 Å². The number of thiazole rings is 1. The summed E-state index contributed by atoms with van der Waals surface area (Å²) in [5.41, 5.74) is 2.49. The second-order valence-corrected chi connectivity index (χ2v) is 8.25. The third-order valence-electron chi connectivity index (χ3n) is 4.58. The number of carbonyl (C=O) groups is 2. The van der Waals surface area contributed by atoms with Crippen molar-refractivity contribution in [2.24, 2.45) is 0 Å². The van der Waals surface area contributed by atoms with Gasteiger partial charge in [-0.05, 0) is 31.0 Å². The Labute approximate surface area is 184 Å². The maximum atomic E-state index is 12.3. The highest BCUT2D eigenvalue weighted by molar-refractivity contribution is 7.09. The van der Waals surface area contributed by atoms with Gasteiger partial charge in [0.2, 0.25) is 5.91 Å². The minimum absolute atomic E-state index is 0.190. The summed E-state index contributed by atoms with van der Waals surface area (Å²) in [6.45, 7) is 2.42. The molecule has 0 saturated carbocycles. The third-order valence-corrected chi connectivity index (χ3v) is 5.40. The van der Waals surface area contributed by atoms with Crippen LogP contribution in [0, 0.1) is 6.92 Å². The number of nitrogens with zero attached hydrogens (tertiary/aromatic N) is 4. The van der Waals surface area contributed by atoms with Gasteiger partial charge in [0.05, 0.1) is 36.5 Å². The smallest absolute Gasteiger partial charge is 0.305 e. The largest absolute Gasteiger partial charge is 0.497 e. The van der Waals surface area contributed by atoms with Crippen molar-refractivity contribution in [2.75, 3.05) is 7.11 Å². The van der Waals surface area contributed by atoms with Crippen LogP contribution in [0.2, 0.25) is 0 Å². The molecule has 164 valence electrons. The van der Waals surface area contributed by atoms with Crippen LogP contribution < -0.4 is 10.1 Å². The Morgan fingerprint density at radius 3 is 2.87 bits per heavy atom. The topological polar surface area (TPSA) is 119 Å². The van der Waals surface area contributed by atoms with E-state index in [9.17, 15) is 14.7 Å². The lowest BCUT2D eigenvalue weighted by Crippen LogP contribution is -2.38. The molecule has 1 amide bonds. The van der Waals surface area contributed by atoms with Crippen LogP contribution in [0.1, 0.15) is 34.8 Å². The summed E-state index contributed by atoms with van der Waals surface area (Å²) in [6.07, 6.45) is 2.63. The first-order valence-electron chi connectivity index (χ1n) is 9.85. The molecule has 0 saturated heterocycles. The van der Waals surface area contributed by atoms with E-state index in [0.29, 0.717) is 18.7 Å². The number of aliphatic carboxylic acids is 1. The van der Waals surface area contributed by atoms with Crippen molar-refractivity contribution in [1.29, 1.82) is 0 Å². The zero-order valence-corrected chi connectivity index (χ0v) is 18.3. The highest BCUT2D eigenvalue weighted by Crippen LogP contribution is 2.14. The van der Waals surface area contributed by atoms with Crippen LogP contribution in [0.25, 0.3) is 0 Å². The molecule has 0 aliphatic rings. The second kappa shape index (κ2) is 10.7. The zero-order chi connectivity index (χ0) is 22.2. The van der Waals surface area contributed by atoms with Gasteiger partial charge in [-0.15, -0.1) is 16.4 Å². The summed E-state index contributed by atoms with van der Waals surface area (Å²) in [4.78, 5) is 27.9. The molecule has 1 aromatic carbocycles. The van der Waals surface area contributed by atoms with E-state index in [1.807, 2.05) is 36.6 Å². The monoisotopic (exact) mass is 443 g/mol. The standard InChI is InChI=1S/C21H25N5O4S/c1-14-22-16(13-31-14)6-7-20(27)23-17(10-21(28)29)9-18-12-26(25-24-18)11-15-4-3-5-19(8-15)30-2/h3-5,8,12-13,17H,6-7,9-11H2,1-2H3,(H,23,27)(H,28,29). The number of rotatable bonds is 11. The molecule has 9 nitrogen and oxygen atoms in total. The van der Waals surface area contributed by atoms with Gasteiger partial charge in [-0.1, -0.05) is 17.3 Å². The van der Waals surface area contributed by atoms with Gasteiger partial charge in [0.1, 0.15) is 5.75 Å². The minimum atomic E-state index is -0.982. The Kier molecular flexibility index (Phi) is 7.71. The van der Waals surface area contributed by atoms with Gasteiger partial charge in [0.15, 0.2) is 0 Å². The Morgan fingerprint density at radius 2 is 2.16 bits per heavy atom. The number of amides is 1. The molecule has 0 aliphatic carbocycles. The first-order valence-corrected chi connectivity index (χ1v) is 10.7. The molecular formula is C21H25N5O4S. The quantitative estimate of drug-likeness (QED) is 0.466. The molecule has 10 heteroatoms. The maximum absolute atomic E-state index is 12.3. The third kappa shape index (κ3) is 7.18. The lowest BCUT2D eigenvalue weighted by atomic mass is 10.1. The van der Waals surface area contributed by atoms with E-state index < -0.39 is 12.0 Å². The van der Waals surface area contributed by atoms with E-state index in [1.54, 1.807) is 18.0 Å². The summed E-state index contributed by atoms with van der Waals surface area (Å²) in [5.74, 6) is -0.431. The fraction of sp³-hybridized carbons (Fsp3) is 0.381. The summed E-state index contributed by atoms with van der Waals surface area (Å²) in [7, 11) is 1.61. The van der Waals surface area contributed by atoms with E-state index >= 15 is 0 Å². The van der Waals surface area contributed by atoms with Crippen molar-refractivity contribution in [3.63, 3.8) is 0 Å². The predicted octanol–water partition coefficient (Wildman–Crippen LogP) is 2.23. The SMILES string of the molecule is COc1cccc(Cn2cc(CC(CC(=O)O)NC(=O)CCc3csc(C)n3)nn2)c1. The fourth-order valence-electron chi connectivity index (χ4n) is 3.17. The number of aromatic nitrogens is 4. The van der Waals surface area contributed by atoms with E-state index in [0.717, 1.165) is 22.0 Å². The number of methoxy groups -OCH3 is 1. The van der Waals surface area contributed by atoms with E-state index in [1.165, 1.54) is 11.3 Å². The number of hydrogen-bond donors (Lipinski definition) is 2. The summed E-state index contributed by atoms with van der Waals surface area (Å²) >= 11 is 1.54. The van der Waals surface area contributed by atoms with Crippen LogP contribution >= 0.6 is 11.3 Å². The molecule has 0 aliphatic heterocycles. The molecular weight excluding hydrogens is 418 g/mol. The Morgan fingerprint density at radius 1 is 1.32 bits per heavy atom. The van der Waals surface area contributed by atoms with Gasteiger partial charge < -0.3 is 15.2 Å². The molecule has 0 spiro atoms. The van der Waals surface area contributed by atoms with Crippen LogP contribution in [0.3, 0.4) is 0 Å². The van der Waals surface area contributed by atoms with Crippen LogP contribution in [-0.2, 0) is 29.0 Å². The molecule has 0 bridgehead atoms. The molecule has 1 atom stereocenters. The van der Waals surface area contributed by atoms with Crippen molar-refractivity contribution in [3.05, 3.63) is 57.8 Å². The molecule has 0 fully saturated rings. The highest BCUT2D eigenvalue weighted by atomic mass is 32.1. The Hall–Kier alpha value is -3.27. The molecule has 2 heterocycles. The molecule has 1 unspecified atom stereocenters. The average Bonchev–Trinajstić information content (AvgIpc) is 3.34. The first-order chi connectivity index (χ1) is 14.9. The van der Waals surface area contributed by atoms with Crippen LogP contribution in [0.15, 0.2) is 35.8 Å². The lowest BCUT2D eigenvalue weighted by Gasteiger charge is -2.15. The number of hydrogen-bond acceptors (Lipinski definition) is 7. The van der Waals surface area contributed by atoms with E-state index in [2.05, 4.69) is 20.6 Å². The van der Waals surface area contributed by atoms with Crippen molar-refractivity contribution in [3.8, 4) is 5.75 Å². The van der Waals surface area contributed by atoms with Crippen LogP contribution in [0.4, 0.5) is 0 Å². The second-order valence-electron chi connectivity index (χ2n) is 7.18. The first kappa shape index (κ1) is 22.4. The number of carboxylic acid groups (broad SMARTS) is 1. The number of nitrogens with one attached hydrogen (secondary N) is 1. The zero-order valence-electron chi connectivity index (χ0n) is 17.4. The lowest BCUT2D eigenvalue weighted by molar-refractivity contribution is -0.137. The summed E-state index contributed by atoms with van der Waals surface area (Å²) in [6, 6.07) is 7.08. The number of aryl methyl sites for hydroxylation is 2. The van der Waals surface area contributed by atoms with Gasteiger partial charge in [-0.25, -0.2) is 9.67 Å². The highest BCUT2D eigenvalue weighted by Gasteiger charge is 2.18. The van der Waals surface area contributed by atoms with Crippen LogP contribution in [-0.4, -0.2) is 50.1 Å². The fourth-order valence-corrected chi connectivity index (χ4v) is 3.82. The Balaban J connectivity index is 1.57. The van der Waals surface area contributed by atoms with E-state index in [-0.39, 0.29) is 25.2 Å².